The van der Waals surface area contributed by atoms with E-state index >= 15 is 0 Å². The molecule has 2 aromatic rings. The molecular formula is C15H18ClNO3S. The Morgan fingerprint density at radius 1 is 1.24 bits per heavy atom. The lowest BCUT2D eigenvalue weighted by molar-refractivity contribution is 0.380. The van der Waals surface area contributed by atoms with Crippen LogP contribution in [0.25, 0.3) is 0 Å². The second-order valence-corrected chi connectivity index (χ2v) is 8.57. The molecule has 6 heteroatoms. The molecular weight excluding hydrogens is 310 g/mol. The summed E-state index contributed by atoms with van der Waals surface area (Å²) in [5.74, 6) is 0.832. The van der Waals surface area contributed by atoms with Gasteiger partial charge in [0.2, 0.25) is 5.89 Å². The maximum absolute atomic E-state index is 12.6. The first-order chi connectivity index (χ1) is 9.64. The summed E-state index contributed by atoms with van der Waals surface area (Å²) in [4.78, 5) is 4.21. The van der Waals surface area contributed by atoms with Crippen molar-refractivity contribution in [3.8, 4) is 0 Å². The van der Waals surface area contributed by atoms with Crippen LogP contribution in [-0.4, -0.2) is 13.4 Å². The molecule has 1 heterocycles. The predicted octanol–water partition coefficient (Wildman–Crippen LogP) is 4.16. The van der Waals surface area contributed by atoms with Crippen LogP contribution < -0.4 is 0 Å². The summed E-state index contributed by atoms with van der Waals surface area (Å²) in [5, 5.41) is -0.694. The lowest BCUT2D eigenvalue weighted by atomic mass is 9.94. The van der Waals surface area contributed by atoms with Crippen LogP contribution in [-0.2, 0) is 15.3 Å². The second-order valence-electron chi connectivity index (χ2n) is 5.93. The van der Waals surface area contributed by atoms with Gasteiger partial charge in [0.15, 0.2) is 9.84 Å². The smallest absolute Gasteiger partial charge is 0.212 e. The maximum atomic E-state index is 12.6. The van der Waals surface area contributed by atoms with Gasteiger partial charge in [0, 0.05) is 5.41 Å². The van der Waals surface area contributed by atoms with Crippen molar-refractivity contribution in [2.75, 3.05) is 0 Å². The molecule has 0 unspecified atom stereocenters. The summed E-state index contributed by atoms with van der Waals surface area (Å²) in [6, 6.07) is 6.37. The third-order valence-electron chi connectivity index (χ3n) is 3.22. The van der Waals surface area contributed by atoms with Crippen molar-refractivity contribution in [2.24, 2.45) is 0 Å². The van der Waals surface area contributed by atoms with Crippen molar-refractivity contribution in [3.05, 3.63) is 47.1 Å². The summed E-state index contributed by atoms with van der Waals surface area (Å²) in [6.07, 6.45) is 1.58. The number of hydrogen-bond donors (Lipinski definition) is 0. The highest BCUT2D eigenvalue weighted by Crippen LogP contribution is 2.33. The van der Waals surface area contributed by atoms with E-state index in [4.69, 9.17) is 16.0 Å². The first kappa shape index (κ1) is 16.0. The molecule has 0 saturated heterocycles. The summed E-state index contributed by atoms with van der Waals surface area (Å²) in [6.45, 7) is 7.48. The summed E-state index contributed by atoms with van der Waals surface area (Å²) >= 11 is 5.99. The maximum Gasteiger partial charge on any atom is 0.212 e. The Labute approximate surface area is 130 Å². The van der Waals surface area contributed by atoms with Crippen molar-refractivity contribution in [1.82, 2.24) is 4.98 Å². The first-order valence-corrected chi connectivity index (χ1v) is 8.51. The Morgan fingerprint density at radius 2 is 1.86 bits per heavy atom. The topological polar surface area (TPSA) is 60.2 Å². The van der Waals surface area contributed by atoms with Crippen LogP contribution in [0.1, 0.15) is 44.6 Å². The van der Waals surface area contributed by atoms with Crippen LogP contribution in [0, 0.1) is 0 Å². The second kappa shape index (κ2) is 5.46. The molecule has 1 aromatic carbocycles. The molecule has 0 radical (unpaired) electrons. The van der Waals surface area contributed by atoms with Crippen LogP contribution >= 0.6 is 11.6 Å². The molecule has 0 bridgehead atoms. The molecule has 0 aliphatic rings. The molecule has 21 heavy (non-hydrogen) atoms. The minimum atomic E-state index is -3.64. The van der Waals surface area contributed by atoms with Crippen molar-refractivity contribution >= 4 is 21.4 Å². The highest BCUT2D eigenvalue weighted by molar-refractivity contribution is 7.91. The molecule has 1 atom stereocenters. The largest absolute Gasteiger partial charge is 0.444 e. The van der Waals surface area contributed by atoms with Gasteiger partial charge in [-0.1, -0.05) is 44.5 Å². The van der Waals surface area contributed by atoms with Gasteiger partial charge in [-0.15, -0.1) is 0 Å². The van der Waals surface area contributed by atoms with Gasteiger partial charge < -0.3 is 4.42 Å². The molecule has 0 aliphatic heterocycles. The monoisotopic (exact) mass is 327 g/mol. The van der Waals surface area contributed by atoms with E-state index in [9.17, 15) is 8.42 Å². The van der Waals surface area contributed by atoms with E-state index in [1.807, 2.05) is 20.8 Å². The van der Waals surface area contributed by atoms with Gasteiger partial charge in [0.1, 0.15) is 11.0 Å². The van der Waals surface area contributed by atoms with E-state index in [1.54, 1.807) is 31.3 Å². The zero-order valence-corrected chi connectivity index (χ0v) is 14.0. The van der Waals surface area contributed by atoms with Crippen LogP contribution in [0.3, 0.4) is 0 Å². The number of hydrogen-bond acceptors (Lipinski definition) is 4. The summed E-state index contributed by atoms with van der Waals surface area (Å²) in [5.41, 5.74) is -0.223. The number of sulfone groups is 1. The van der Waals surface area contributed by atoms with E-state index in [1.165, 1.54) is 6.07 Å². The Hall–Kier alpha value is -1.33. The van der Waals surface area contributed by atoms with Crippen LogP contribution in [0.5, 0.6) is 0 Å². The number of oxazole rings is 1. The van der Waals surface area contributed by atoms with Crippen molar-refractivity contribution in [1.29, 1.82) is 0 Å². The van der Waals surface area contributed by atoms with E-state index in [-0.39, 0.29) is 21.2 Å². The van der Waals surface area contributed by atoms with E-state index in [0.29, 0.717) is 5.76 Å². The quantitative estimate of drug-likeness (QED) is 0.849. The molecule has 0 saturated carbocycles. The fourth-order valence-corrected chi connectivity index (χ4v) is 3.64. The molecule has 4 nitrogen and oxygen atoms in total. The molecule has 1 aromatic heterocycles. The van der Waals surface area contributed by atoms with Crippen molar-refractivity contribution in [3.63, 3.8) is 0 Å². The van der Waals surface area contributed by atoms with Crippen LogP contribution in [0.2, 0.25) is 5.02 Å². The molecule has 114 valence electrons. The van der Waals surface area contributed by atoms with Crippen molar-refractivity contribution in [2.45, 2.75) is 43.3 Å². The highest BCUT2D eigenvalue weighted by atomic mass is 35.5. The van der Waals surface area contributed by atoms with Gasteiger partial charge in [-0.3, -0.25) is 0 Å². The number of halogens is 1. The third kappa shape index (κ3) is 3.14. The average molecular weight is 328 g/mol. The molecule has 0 aliphatic carbocycles. The van der Waals surface area contributed by atoms with Gasteiger partial charge in [-0.25, -0.2) is 13.4 Å². The van der Waals surface area contributed by atoms with Crippen molar-refractivity contribution < 1.29 is 12.8 Å². The van der Waals surface area contributed by atoms with Gasteiger partial charge >= 0.3 is 0 Å². The number of aromatic nitrogens is 1. The Bertz CT molecular complexity index is 744. The van der Waals surface area contributed by atoms with Gasteiger partial charge in [0.25, 0.3) is 0 Å². The zero-order valence-electron chi connectivity index (χ0n) is 12.4. The van der Waals surface area contributed by atoms with Crippen LogP contribution in [0.4, 0.5) is 0 Å². The van der Waals surface area contributed by atoms with E-state index in [2.05, 4.69) is 4.98 Å². The fraction of sp³-hybridized carbons (Fsp3) is 0.400. The SMILES string of the molecule is C[C@H](c1ncc(C(C)(C)C)o1)S(=O)(=O)c1ccccc1Cl. The Balaban J connectivity index is 2.42. The molecule has 2 rings (SSSR count). The summed E-state index contributed by atoms with van der Waals surface area (Å²) in [7, 11) is -3.64. The number of nitrogens with zero attached hydrogens (tertiary/aromatic N) is 1. The van der Waals surface area contributed by atoms with Gasteiger partial charge in [-0.05, 0) is 19.1 Å². The third-order valence-corrected chi connectivity index (χ3v) is 5.76. The molecule has 0 spiro atoms. The first-order valence-electron chi connectivity index (χ1n) is 6.58. The van der Waals surface area contributed by atoms with Gasteiger partial charge in [0.05, 0.1) is 16.1 Å². The minimum absolute atomic E-state index is 0.0923. The standard InChI is InChI=1S/C15H18ClNO3S/c1-10(14-17-9-13(20-14)15(2,3)4)21(18,19)12-8-6-5-7-11(12)16/h5-10H,1-4H3/t10-/m1/s1. The average Bonchev–Trinajstić information content (AvgIpc) is 2.87. The normalized spacial score (nSPS) is 14.1. The fourth-order valence-electron chi connectivity index (χ4n) is 1.82. The minimum Gasteiger partial charge on any atom is -0.444 e. The molecule has 0 amide bonds. The highest BCUT2D eigenvalue weighted by Gasteiger charge is 2.31. The lowest BCUT2D eigenvalue weighted by Gasteiger charge is -2.14. The Morgan fingerprint density at radius 3 is 2.38 bits per heavy atom. The van der Waals surface area contributed by atoms with E-state index in [0.717, 1.165) is 0 Å². The predicted molar refractivity (Wildman–Crippen MR) is 82.3 cm³/mol. The van der Waals surface area contributed by atoms with Gasteiger partial charge in [-0.2, -0.15) is 0 Å². The Kier molecular flexibility index (Phi) is 4.17. The molecule has 0 N–H and O–H groups in total. The van der Waals surface area contributed by atoms with Crippen LogP contribution in [0.15, 0.2) is 39.8 Å². The number of benzene rings is 1. The lowest BCUT2D eigenvalue weighted by Crippen LogP contribution is -2.12. The molecule has 0 fully saturated rings. The zero-order chi connectivity index (χ0) is 15.8. The number of rotatable bonds is 3. The summed E-state index contributed by atoms with van der Waals surface area (Å²) < 4.78 is 30.9. The van der Waals surface area contributed by atoms with E-state index < -0.39 is 15.1 Å².